The molecular formula is C16H17IO6. The second kappa shape index (κ2) is 6.77. The third-order valence-electron chi connectivity index (χ3n) is 2.96. The second-order valence-electron chi connectivity index (χ2n) is 5.20. The van der Waals surface area contributed by atoms with E-state index in [1.165, 1.54) is 19.9 Å². The highest BCUT2D eigenvalue weighted by molar-refractivity contribution is 14.1. The molecule has 0 unspecified atom stereocenters. The van der Waals surface area contributed by atoms with E-state index in [0.29, 0.717) is 23.7 Å². The molecule has 0 saturated carbocycles. The van der Waals surface area contributed by atoms with Crippen LogP contribution in [-0.2, 0) is 19.1 Å². The zero-order chi connectivity index (χ0) is 17.2. The third-order valence-corrected chi connectivity index (χ3v) is 3.76. The Hall–Kier alpha value is -1.77. The summed E-state index contributed by atoms with van der Waals surface area (Å²) in [7, 11) is 1.55. The summed E-state index contributed by atoms with van der Waals surface area (Å²) in [6, 6.07) is 3.47. The average molecular weight is 432 g/mol. The Balaban J connectivity index is 2.43. The Morgan fingerprint density at radius 2 is 1.83 bits per heavy atom. The molecule has 0 aliphatic carbocycles. The number of esters is 2. The van der Waals surface area contributed by atoms with E-state index < -0.39 is 17.7 Å². The van der Waals surface area contributed by atoms with E-state index in [1.807, 2.05) is 6.92 Å². The van der Waals surface area contributed by atoms with Gasteiger partial charge in [0, 0.05) is 13.8 Å². The highest BCUT2D eigenvalue weighted by Crippen LogP contribution is 2.35. The fourth-order valence-corrected chi connectivity index (χ4v) is 2.92. The van der Waals surface area contributed by atoms with E-state index in [9.17, 15) is 9.59 Å². The Labute approximate surface area is 147 Å². The summed E-state index contributed by atoms with van der Waals surface area (Å²) in [5.41, 5.74) is 0.454. The van der Waals surface area contributed by atoms with Gasteiger partial charge in [-0.25, -0.2) is 9.59 Å². The predicted octanol–water partition coefficient (Wildman–Crippen LogP) is 2.92. The molecule has 0 spiro atoms. The number of halogens is 1. The zero-order valence-corrected chi connectivity index (χ0v) is 15.4. The molecule has 0 radical (unpaired) electrons. The molecule has 1 aliphatic rings. The molecule has 124 valence electrons. The molecule has 1 aromatic carbocycles. The minimum atomic E-state index is -1.25. The van der Waals surface area contributed by atoms with Crippen molar-refractivity contribution in [3.05, 3.63) is 26.8 Å². The molecule has 2 rings (SSSR count). The fraction of sp³-hybridized carbons (Fsp3) is 0.375. The van der Waals surface area contributed by atoms with E-state index in [1.54, 1.807) is 19.2 Å². The van der Waals surface area contributed by atoms with Gasteiger partial charge in [-0.15, -0.1) is 0 Å². The predicted molar refractivity (Wildman–Crippen MR) is 91.1 cm³/mol. The van der Waals surface area contributed by atoms with Crippen LogP contribution in [0.2, 0.25) is 0 Å². The van der Waals surface area contributed by atoms with Gasteiger partial charge >= 0.3 is 11.9 Å². The molecule has 0 aromatic heterocycles. The molecule has 1 saturated heterocycles. The van der Waals surface area contributed by atoms with Gasteiger partial charge in [-0.1, -0.05) is 0 Å². The first-order valence-electron chi connectivity index (χ1n) is 6.96. The van der Waals surface area contributed by atoms with Gasteiger partial charge < -0.3 is 18.9 Å². The van der Waals surface area contributed by atoms with Crippen molar-refractivity contribution in [1.82, 2.24) is 0 Å². The molecule has 1 aromatic rings. The largest absolute Gasteiger partial charge is 0.492 e. The summed E-state index contributed by atoms with van der Waals surface area (Å²) < 4.78 is 21.8. The van der Waals surface area contributed by atoms with Crippen LogP contribution in [0.4, 0.5) is 0 Å². The number of methoxy groups -OCH3 is 1. The van der Waals surface area contributed by atoms with Gasteiger partial charge in [0.1, 0.15) is 5.57 Å². The zero-order valence-electron chi connectivity index (χ0n) is 13.3. The maximum Gasteiger partial charge on any atom is 0.348 e. The maximum atomic E-state index is 12.0. The monoisotopic (exact) mass is 432 g/mol. The molecule has 0 bridgehead atoms. The summed E-state index contributed by atoms with van der Waals surface area (Å²) in [5, 5.41) is 0. The summed E-state index contributed by atoms with van der Waals surface area (Å²) in [6.07, 6.45) is 1.42. The number of carbonyl (C=O) groups excluding carboxylic acids is 2. The van der Waals surface area contributed by atoms with Gasteiger partial charge in [0.2, 0.25) is 0 Å². The van der Waals surface area contributed by atoms with E-state index >= 15 is 0 Å². The first kappa shape index (κ1) is 17.6. The first-order valence-corrected chi connectivity index (χ1v) is 8.04. The van der Waals surface area contributed by atoms with Crippen molar-refractivity contribution in [3.63, 3.8) is 0 Å². The van der Waals surface area contributed by atoms with Crippen LogP contribution in [0.15, 0.2) is 17.7 Å². The lowest BCUT2D eigenvalue weighted by molar-refractivity contribution is -0.222. The number of rotatable bonds is 4. The normalized spacial score (nSPS) is 16.5. The minimum Gasteiger partial charge on any atom is -0.492 e. The van der Waals surface area contributed by atoms with Crippen molar-refractivity contribution in [2.75, 3.05) is 13.7 Å². The average Bonchev–Trinajstić information content (AvgIpc) is 2.42. The van der Waals surface area contributed by atoms with Crippen LogP contribution < -0.4 is 9.47 Å². The van der Waals surface area contributed by atoms with Crippen LogP contribution in [0, 0.1) is 3.57 Å². The molecule has 0 atom stereocenters. The van der Waals surface area contributed by atoms with Crippen molar-refractivity contribution < 1.29 is 28.5 Å². The van der Waals surface area contributed by atoms with Crippen LogP contribution in [0.25, 0.3) is 6.08 Å². The Bertz CT molecular complexity index is 655. The quantitative estimate of drug-likeness (QED) is 0.316. The lowest BCUT2D eigenvalue weighted by Gasteiger charge is -2.29. The topological polar surface area (TPSA) is 71.1 Å². The van der Waals surface area contributed by atoms with Crippen molar-refractivity contribution in [2.24, 2.45) is 0 Å². The lowest BCUT2D eigenvalue weighted by Crippen LogP contribution is -2.41. The van der Waals surface area contributed by atoms with E-state index in [4.69, 9.17) is 18.9 Å². The molecular weight excluding hydrogens is 415 g/mol. The number of cyclic esters (lactones) is 2. The second-order valence-corrected chi connectivity index (χ2v) is 6.37. The summed E-state index contributed by atoms with van der Waals surface area (Å²) in [4.78, 5) is 24.0. The molecule has 0 amide bonds. The van der Waals surface area contributed by atoms with Crippen LogP contribution in [0.1, 0.15) is 26.3 Å². The third kappa shape index (κ3) is 3.95. The van der Waals surface area contributed by atoms with Crippen molar-refractivity contribution in [2.45, 2.75) is 26.6 Å². The van der Waals surface area contributed by atoms with Crippen LogP contribution >= 0.6 is 22.6 Å². The molecule has 7 heteroatoms. The van der Waals surface area contributed by atoms with E-state index in [2.05, 4.69) is 22.6 Å². The molecule has 1 aliphatic heterocycles. The molecule has 6 nitrogen and oxygen atoms in total. The van der Waals surface area contributed by atoms with Gasteiger partial charge in [-0.3, -0.25) is 0 Å². The van der Waals surface area contributed by atoms with Crippen molar-refractivity contribution >= 4 is 40.6 Å². The molecule has 0 N–H and O–H groups in total. The highest BCUT2D eigenvalue weighted by Gasteiger charge is 2.38. The summed E-state index contributed by atoms with van der Waals surface area (Å²) in [5.74, 6) is -1.54. The van der Waals surface area contributed by atoms with Gasteiger partial charge in [-0.05, 0) is 53.3 Å². The number of hydrogen-bond donors (Lipinski definition) is 0. The minimum absolute atomic E-state index is 0.159. The van der Waals surface area contributed by atoms with Crippen LogP contribution in [0.3, 0.4) is 0 Å². The van der Waals surface area contributed by atoms with Crippen molar-refractivity contribution in [1.29, 1.82) is 0 Å². The molecule has 1 fully saturated rings. The standard InChI is InChI=1S/C16H17IO6/c1-5-21-12-8-9(7-11(17)13(12)20-4)6-10-14(18)22-16(2,3)23-15(10)19/h6-8H,5H2,1-4H3. The van der Waals surface area contributed by atoms with Gasteiger partial charge in [0.15, 0.2) is 11.5 Å². The summed E-state index contributed by atoms with van der Waals surface area (Å²) >= 11 is 2.09. The van der Waals surface area contributed by atoms with Crippen LogP contribution in [0.5, 0.6) is 11.5 Å². The number of hydrogen-bond acceptors (Lipinski definition) is 6. The lowest BCUT2D eigenvalue weighted by atomic mass is 10.1. The Morgan fingerprint density at radius 1 is 1.22 bits per heavy atom. The molecule has 23 heavy (non-hydrogen) atoms. The van der Waals surface area contributed by atoms with E-state index in [-0.39, 0.29) is 5.57 Å². The Kier molecular flexibility index (Phi) is 5.18. The summed E-state index contributed by atoms with van der Waals surface area (Å²) in [6.45, 7) is 5.33. The first-order chi connectivity index (χ1) is 10.8. The number of benzene rings is 1. The highest BCUT2D eigenvalue weighted by atomic mass is 127. The molecule has 1 heterocycles. The SMILES string of the molecule is CCOc1cc(C=C2C(=O)OC(C)(C)OC2=O)cc(I)c1OC. The van der Waals surface area contributed by atoms with Gasteiger partial charge in [0.05, 0.1) is 17.3 Å². The maximum absolute atomic E-state index is 12.0. The Morgan fingerprint density at radius 3 is 2.35 bits per heavy atom. The smallest absolute Gasteiger partial charge is 0.348 e. The van der Waals surface area contributed by atoms with Crippen molar-refractivity contribution in [3.8, 4) is 11.5 Å². The number of ether oxygens (including phenoxy) is 4. The van der Waals surface area contributed by atoms with Gasteiger partial charge in [0.25, 0.3) is 5.79 Å². The van der Waals surface area contributed by atoms with E-state index in [0.717, 1.165) is 3.57 Å². The number of carbonyl (C=O) groups is 2. The van der Waals surface area contributed by atoms with Crippen LogP contribution in [-0.4, -0.2) is 31.4 Å². The van der Waals surface area contributed by atoms with Gasteiger partial charge in [-0.2, -0.15) is 0 Å². The fourth-order valence-electron chi connectivity index (χ4n) is 2.08.